The van der Waals surface area contributed by atoms with Crippen molar-refractivity contribution in [2.75, 3.05) is 19.5 Å². The summed E-state index contributed by atoms with van der Waals surface area (Å²) >= 11 is 0. The highest BCUT2D eigenvalue weighted by molar-refractivity contribution is 6.04. The maximum atomic E-state index is 12.0. The quantitative estimate of drug-likeness (QED) is 0.751. The van der Waals surface area contributed by atoms with Crippen LogP contribution in [0.2, 0.25) is 0 Å². The number of nitrogens with one attached hydrogen (secondary N) is 3. The van der Waals surface area contributed by atoms with Crippen molar-refractivity contribution in [3.05, 3.63) is 50.8 Å². The lowest BCUT2D eigenvalue weighted by molar-refractivity contribution is 0.102. The number of anilines is 1. The predicted octanol–water partition coefficient (Wildman–Crippen LogP) is 0.333. The van der Waals surface area contributed by atoms with Gasteiger partial charge in [-0.25, -0.2) is 4.79 Å². The first kappa shape index (κ1) is 14.4. The number of aromatic amines is 2. The van der Waals surface area contributed by atoms with Gasteiger partial charge in [-0.2, -0.15) is 0 Å². The first-order valence-electron chi connectivity index (χ1n) is 5.90. The number of aromatic nitrogens is 2. The topological polar surface area (TPSA) is 113 Å². The molecule has 1 amide bonds. The predicted molar refractivity (Wildman–Crippen MR) is 75.2 cm³/mol. The van der Waals surface area contributed by atoms with Crippen molar-refractivity contribution in [3.8, 4) is 11.5 Å². The molecule has 0 spiro atoms. The van der Waals surface area contributed by atoms with Crippen molar-refractivity contribution >= 4 is 11.6 Å². The zero-order valence-electron chi connectivity index (χ0n) is 11.4. The molecule has 0 bridgehead atoms. The molecule has 110 valence electrons. The van der Waals surface area contributed by atoms with E-state index in [-0.39, 0.29) is 5.56 Å². The standard InChI is InChI=1S/C13H13N3O5/c1-20-7-3-4-9(10(5-7)21-2)15-11(17)8-6-14-13(19)16-12(8)18/h3-6H,1-2H3,(H,15,17)(H2,14,16,18,19). The van der Waals surface area contributed by atoms with Crippen molar-refractivity contribution < 1.29 is 14.3 Å². The van der Waals surface area contributed by atoms with E-state index in [2.05, 4.69) is 10.3 Å². The van der Waals surface area contributed by atoms with Crippen LogP contribution in [-0.4, -0.2) is 30.1 Å². The van der Waals surface area contributed by atoms with Crippen molar-refractivity contribution in [3.63, 3.8) is 0 Å². The zero-order valence-corrected chi connectivity index (χ0v) is 11.4. The SMILES string of the molecule is COc1ccc(NC(=O)c2c[nH]c(=O)[nH]c2=O)c(OC)c1. The Balaban J connectivity index is 2.31. The van der Waals surface area contributed by atoms with Gasteiger partial charge in [-0.1, -0.05) is 0 Å². The summed E-state index contributed by atoms with van der Waals surface area (Å²) in [5, 5.41) is 2.53. The number of methoxy groups -OCH3 is 2. The third-order valence-corrected chi connectivity index (χ3v) is 2.72. The summed E-state index contributed by atoms with van der Waals surface area (Å²) in [7, 11) is 2.95. The fraction of sp³-hybridized carbons (Fsp3) is 0.154. The van der Waals surface area contributed by atoms with Crippen LogP contribution in [0.3, 0.4) is 0 Å². The summed E-state index contributed by atoms with van der Waals surface area (Å²) in [6.07, 6.45) is 1.05. The smallest absolute Gasteiger partial charge is 0.325 e. The van der Waals surface area contributed by atoms with Crippen molar-refractivity contribution in [1.82, 2.24) is 9.97 Å². The van der Waals surface area contributed by atoms with Gasteiger partial charge < -0.3 is 19.8 Å². The van der Waals surface area contributed by atoms with E-state index >= 15 is 0 Å². The second-order valence-electron chi connectivity index (χ2n) is 4.01. The van der Waals surface area contributed by atoms with Crippen LogP contribution in [-0.2, 0) is 0 Å². The number of H-pyrrole nitrogens is 2. The number of carbonyl (C=O) groups excluding carboxylic acids is 1. The van der Waals surface area contributed by atoms with Gasteiger partial charge >= 0.3 is 5.69 Å². The Labute approximate surface area is 118 Å². The second-order valence-corrected chi connectivity index (χ2v) is 4.01. The lowest BCUT2D eigenvalue weighted by Gasteiger charge is -2.11. The number of amides is 1. The molecule has 3 N–H and O–H groups in total. The summed E-state index contributed by atoms with van der Waals surface area (Å²) in [6.45, 7) is 0. The van der Waals surface area contributed by atoms with Gasteiger partial charge in [0.1, 0.15) is 17.1 Å². The zero-order chi connectivity index (χ0) is 15.4. The molecule has 8 nitrogen and oxygen atoms in total. The number of rotatable bonds is 4. The number of carbonyl (C=O) groups is 1. The average Bonchev–Trinajstić information content (AvgIpc) is 2.47. The van der Waals surface area contributed by atoms with Gasteiger partial charge in [-0.05, 0) is 12.1 Å². The molecule has 1 aromatic carbocycles. The molecule has 0 radical (unpaired) electrons. The van der Waals surface area contributed by atoms with E-state index in [1.807, 2.05) is 4.98 Å². The van der Waals surface area contributed by atoms with Crippen molar-refractivity contribution in [2.45, 2.75) is 0 Å². The molecule has 8 heteroatoms. The first-order valence-corrected chi connectivity index (χ1v) is 5.90. The summed E-state index contributed by atoms with van der Waals surface area (Å²) in [5.74, 6) is 0.270. The van der Waals surface area contributed by atoms with Crippen LogP contribution < -0.4 is 26.0 Å². The Morgan fingerprint density at radius 3 is 2.57 bits per heavy atom. The Morgan fingerprint density at radius 1 is 1.19 bits per heavy atom. The molecule has 1 aromatic heterocycles. The summed E-state index contributed by atoms with van der Waals surface area (Å²) in [4.78, 5) is 38.7. The van der Waals surface area contributed by atoms with Crippen LogP contribution in [0.1, 0.15) is 10.4 Å². The summed E-state index contributed by atoms with van der Waals surface area (Å²) in [6, 6.07) is 4.80. The van der Waals surface area contributed by atoms with Crippen LogP contribution in [0.25, 0.3) is 0 Å². The number of hydrogen-bond acceptors (Lipinski definition) is 5. The minimum absolute atomic E-state index is 0.215. The average molecular weight is 291 g/mol. The van der Waals surface area contributed by atoms with Gasteiger partial charge in [0.25, 0.3) is 11.5 Å². The molecule has 0 fully saturated rings. The highest BCUT2D eigenvalue weighted by atomic mass is 16.5. The Hall–Kier alpha value is -3.03. The maximum Gasteiger partial charge on any atom is 0.325 e. The van der Waals surface area contributed by atoms with Crippen LogP contribution in [0.5, 0.6) is 11.5 Å². The van der Waals surface area contributed by atoms with Gasteiger partial charge in [0.05, 0.1) is 19.9 Å². The van der Waals surface area contributed by atoms with Crippen LogP contribution in [0, 0.1) is 0 Å². The van der Waals surface area contributed by atoms with E-state index in [1.165, 1.54) is 14.2 Å². The van der Waals surface area contributed by atoms with Crippen molar-refractivity contribution in [2.24, 2.45) is 0 Å². The molecular weight excluding hydrogens is 278 g/mol. The molecule has 0 atom stereocenters. The molecule has 21 heavy (non-hydrogen) atoms. The van der Waals surface area contributed by atoms with Crippen LogP contribution in [0.15, 0.2) is 34.0 Å². The molecular formula is C13H13N3O5. The van der Waals surface area contributed by atoms with Gasteiger partial charge in [-0.3, -0.25) is 14.6 Å². The monoisotopic (exact) mass is 291 g/mol. The minimum Gasteiger partial charge on any atom is -0.497 e. The van der Waals surface area contributed by atoms with Gasteiger partial charge in [-0.15, -0.1) is 0 Å². The van der Waals surface area contributed by atoms with Crippen molar-refractivity contribution in [1.29, 1.82) is 0 Å². The van der Waals surface area contributed by atoms with E-state index in [1.54, 1.807) is 18.2 Å². The van der Waals surface area contributed by atoms with E-state index in [0.29, 0.717) is 17.2 Å². The summed E-state index contributed by atoms with van der Waals surface area (Å²) < 4.78 is 10.2. The fourth-order valence-corrected chi connectivity index (χ4v) is 1.67. The fourth-order valence-electron chi connectivity index (χ4n) is 1.67. The molecule has 0 saturated carbocycles. The third-order valence-electron chi connectivity index (χ3n) is 2.72. The molecule has 0 aliphatic carbocycles. The van der Waals surface area contributed by atoms with Gasteiger partial charge in [0.2, 0.25) is 0 Å². The molecule has 0 saturated heterocycles. The number of benzene rings is 1. The largest absolute Gasteiger partial charge is 0.497 e. The minimum atomic E-state index is -0.774. The summed E-state index contributed by atoms with van der Waals surface area (Å²) in [5.41, 5.74) is -1.30. The van der Waals surface area contributed by atoms with E-state index < -0.39 is 17.2 Å². The molecule has 1 heterocycles. The molecule has 2 aromatic rings. The lowest BCUT2D eigenvalue weighted by Crippen LogP contribution is -2.29. The van der Waals surface area contributed by atoms with E-state index in [4.69, 9.17) is 9.47 Å². The van der Waals surface area contributed by atoms with Gasteiger partial charge in [0.15, 0.2) is 0 Å². The Bertz CT molecular complexity index is 778. The molecule has 0 aliphatic rings. The normalized spacial score (nSPS) is 10.0. The first-order chi connectivity index (χ1) is 10.0. The van der Waals surface area contributed by atoms with E-state index in [0.717, 1.165) is 6.20 Å². The molecule has 0 unspecified atom stereocenters. The van der Waals surface area contributed by atoms with Crippen LogP contribution in [0.4, 0.5) is 5.69 Å². The van der Waals surface area contributed by atoms with Gasteiger partial charge in [0, 0.05) is 12.3 Å². The van der Waals surface area contributed by atoms with Crippen LogP contribution >= 0.6 is 0 Å². The molecule has 0 aliphatic heterocycles. The lowest BCUT2D eigenvalue weighted by atomic mass is 10.2. The Morgan fingerprint density at radius 2 is 1.95 bits per heavy atom. The number of ether oxygens (including phenoxy) is 2. The number of hydrogen-bond donors (Lipinski definition) is 3. The maximum absolute atomic E-state index is 12.0. The molecule has 2 rings (SSSR count). The second kappa shape index (κ2) is 5.95. The third kappa shape index (κ3) is 3.11. The highest BCUT2D eigenvalue weighted by Crippen LogP contribution is 2.29. The van der Waals surface area contributed by atoms with E-state index in [9.17, 15) is 14.4 Å². The Kier molecular flexibility index (Phi) is 4.07. The highest BCUT2D eigenvalue weighted by Gasteiger charge is 2.14.